The van der Waals surface area contributed by atoms with Crippen molar-refractivity contribution in [1.29, 1.82) is 0 Å². The van der Waals surface area contributed by atoms with E-state index < -0.39 is 11.4 Å². The Kier molecular flexibility index (Phi) is 5.17. The molecule has 0 spiro atoms. The number of hydrogen-bond acceptors (Lipinski definition) is 6. The third-order valence-electron chi connectivity index (χ3n) is 4.66. The van der Waals surface area contributed by atoms with Crippen LogP contribution in [0.25, 0.3) is 10.3 Å². The number of ether oxygens (including phenoxy) is 1. The molecule has 2 N–H and O–H groups in total. The molecule has 0 aliphatic heterocycles. The predicted octanol–water partition coefficient (Wildman–Crippen LogP) is 3.45. The van der Waals surface area contributed by atoms with Crippen molar-refractivity contribution < 1.29 is 19.4 Å². The highest BCUT2D eigenvalue weighted by molar-refractivity contribution is 7.21. The van der Waals surface area contributed by atoms with Gasteiger partial charge in [0.2, 0.25) is 11.8 Å². The Morgan fingerprint density at radius 3 is 2.68 bits per heavy atom. The summed E-state index contributed by atoms with van der Waals surface area (Å²) < 4.78 is 5.09. The van der Waals surface area contributed by atoms with Crippen LogP contribution in [0.15, 0.2) is 12.1 Å². The van der Waals surface area contributed by atoms with Crippen molar-refractivity contribution in [2.45, 2.75) is 44.9 Å². The summed E-state index contributed by atoms with van der Waals surface area (Å²) in [6, 6.07) is 3.51. The molecule has 0 radical (unpaired) electrons. The molecule has 2 heterocycles. The third-order valence-corrected chi connectivity index (χ3v) is 5.54. The van der Waals surface area contributed by atoms with Gasteiger partial charge in [-0.3, -0.25) is 9.59 Å². The van der Waals surface area contributed by atoms with E-state index in [4.69, 9.17) is 4.74 Å². The number of nitrogens with zero attached hydrogens (tertiary/aromatic N) is 2. The van der Waals surface area contributed by atoms with Crippen LogP contribution in [0.4, 0.5) is 5.13 Å². The zero-order chi connectivity index (χ0) is 17.9. The van der Waals surface area contributed by atoms with E-state index >= 15 is 0 Å². The largest absolute Gasteiger partial charge is 0.481 e. The molecule has 1 saturated carbocycles. The van der Waals surface area contributed by atoms with Crippen LogP contribution in [0.5, 0.6) is 5.88 Å². The standard InChI is InChI=1S/C17H21N3O4S/c1-24-13-6-5-11-15(20-13)25-16(18-11)19-12(21)9-17(10-14(22)23)7-3-2-4-8-17/h5-6H,2-4,7-10H2,1H3,(H,22,23)(H,18,19,21). The maximum absolute atomic E-state index is 12.5. The lowest BCUT2D eigenvalue weighted by Crippen LogP contribution is -2.32. The Balaban J connectivity index is 1.71. The van der Waals surface area contributed by atoms with Crippen LogP contribution in [0, 0.1) is 5.41 Å². The average molecular weight is 363 g/mol. The van der Waals surface area contributed by atoms with Gasteiger partial charge in [-0.1, -0.05) is 30.6 Å². The molecule has 25 heavy (non-hydrogen) atoms. The number of carboxylic acid groups (broad SMARTS) is 1. The van der Waals surface area contributed by atoms with Gasteiger partial charge in [-0.2, -0.15) is 0 Å². The highest BCUT2D eigenvalue weighted by Gasteiger charge is 2.36. The second-order valence-corrected chi connectivity index (χ2v) is 7.53. The molecule has 1 aliphatic rings. The molecule has 1 amide bonds. The summed E-state index contributed by atoms with van der Waals surface area (Å²) >= 11 is 1.28. The van der Waals surface area contributed by atoms with E-state index in [1.54, 1.807) is 19.2 Å². The number of carboxylic acids is 1. The summed E-state index contributed by atoms with van der Waals surface area (Å²) in [5.41, 5.74) is 0.255. The van der Waals surface area contributed by atoms with Gasteiger partial charge in [0.05, 0.1) is 13.5 Å². The molecule has 3 rings (SSSR count). The third kappa shape index (κ3) is 4.25. The predicted molar refractivity (Wildman–Crippen MR) is 95.0 cm³/mol. The first kappa shape index (κ1) is 17.6. The lowest BCUT2D eigenvalue weighted by molar-refractivity contribution is -0.140. The molecule has 2 aromatic rings. The summed E-state index contributed by atoms with van der Waals surface area (Å²) in [6.45, 7) is 0. The molecule has 134 valence electrons. The van der Waals surface area contributed by atoms with Gasteiger partial charge < -0.3 is 15.2 Å². The van der Waals surface area contributed by atoms with Gasteiger partial charge in [-0.05, 0) is 24.3 Å². The zero-order valence-electron chi connectivity index (χ0n) is 14.1. The highest BCUT2D eigenvalue weighted by atomic mass is 32.1. The molecule has 1 aliphatic carbocycles. The normalized spacial score (nSPS) is 16.5. The smallest absolute Gasteiger partial charge is 0.303 e. The second kappa shape index (κ2) is 7.35. The van der Waals surface area contributed by atoms with Crippen LogP contribution in [-0.4, -0.2) is 34.1 Å². The maximum Gasteiger partial charge on any atom is 0.303 e. The first-order valence-electron chi connectivity index (χ1n) is 8.33. The van der Waals surface area contributed by atoms with Crippen molar-refractivity contribution >= 4 is 38.7 Å². The van der Waals surface area contributed by atoms with Crippen molar-refractivity contribution in [2.24, 2.45) is 5.41 Å². The number of fused-ring (bicyclic) bond motifs is 1. The fraction of sp³-hybridized carbons (Fsp3) is 0.529. The quantitative estimate of drug-likeness (QED) is 0.815. The molecule has 0 bridgehead atoms. The van der Waals surface area contributed by atoms with E-state index in [-0.39, 0.29) is 18.7 Å². The van der Waals surface area contributed by atoms with Gasteiger partial charge in [0.15, 0.2) is 5.13 Å². The monoisotopic (exact) mass is 363 g/mol. The van der Waals surface area contributed by atoms with Crippen molar-refractivity contribution in [1.82, 2.24) is 9.97 Å². The molecule has 2 aromatic heterocycles. The Hall–Kier alpha value is -2.22. The molecule has 8 heteroatoms. The van der Waals surface area contributed by atoms with Crippen LogP contribution < -0.4 is 10.1 Å². The molecular formula is C17H21N3O4S. The fourth-order valence-corrected chi connectivity index (χ4v) is 4.36. The van der Waals surface area contributed by atoms with E-state index in [2.05, 4.69) is 15.3 Å². The summed E-state index contributed by atoms with van der Waals surface area (Å²) in [4.78, 5) is 33.1. The Labute approximate surface area is 149 Å². The van der Waals surface area contributed by atoms with Crippen LogP contribution >= 0.6 is 11.3 Å². The highest BCUT2D eigenvalue weighted by Crippen LogP contribution is 2.42. The van der Waals surface area contributed by atoms with E-state index in [0.717, 1.165) is 32.1 Å². The van der Waals surface area contributed by atoms with E-state index in [1.807, 2.05) is 0 Å². The van der Waals surface area contributed by atoms with Crippen molar-refractivity contribution in [3.63, 3.8) is 0 Å². The number of hydrogen-bond donors (Lipinski definition) is 2. The number of carbonyl (C=O) groups excluding carboxylic acids is 1. The number of aliphatic carboxylic acids is 1. The van der Waals surface area contributed by atoms with Crippen LogP contribution in [0.3, 0.4) is 0 Å². The molecule has 0 atom stereocenters. The number of methoxy groups -OCH3 is 1. The number of aromatic nitrogens is 2. The van der Waals surface area contributed by atoms with E-state index in [1.165, 1.54) is 11.3 Å². The summed E-state index contributed by atoms with van der Waals surface area (Å²) in [6.07, 6.45) is 4.88. The average Bonchev–Trinajstić information content (AvgIpc) is 2.95. The van der Waals surface area contributed by atoms with Crippen molar-refractivity contribution in [3.8, 4) is 5.88 Å². The number of thiazole rings is 1. The first-order chi connectivity index (χ1) is 12.0. The topological polar surface area (TPSA) is 101 Å². The number of rotatable bonds is 6. The van der Waals surface area contributed by atoms with Crippen LogP contribution in [-0.2, 0) is 9.59 Å². The lowest BCUT2D eigenvalue weighted by atomic mass is 9.69. The molecule has 0 aromatic carbocycles. The fourth-order valence-electron chi connectivity index (χ4n) is 3.51. The number of nitrogens with one attached hydrogen (secondary N) is 1. The number of pyridine rings is 1. The van der Waals surface area contributed by atoms with E-state index in [9.17, 15) is 14.7 Å². The second-order valence-electron chi connectivity index (χ2n) is 6.55. The van der Waals surface area contributed by atoms with Crippen molar-refractivity contribution in [3.05, 3.63) is 12.1 Å². The minimum atomic E-state index is -0.842. The Morgan fingerprint density at radius 1 is 1.24 bits per heavy atom. The van der Waals surface area contributed by atoms with Gasteiger partial charge in [-0.25, -0.2) is 9.97 Å². The van der Waals surface area contributed by atoms with Gasteiger partial charge in [0.25, 0.3) is 0 Å². The minimum Gasteiger partial charge on any atom is -0.481 e. The molecular weight excluding hydrogens is 342 g/mol. The van der Waals surface area contributed by atoms with Gasteiger partial charge >= 0.3 is 5.97 Å². The molecule has 0 saturated heterocycles. The van der Waals surface area contributed by atoms with Crippen molar-refractivity contribution in [2.75, 3.05) is 12.4 Å². The Morgan fingerprint density at radius 2 is 2.00 bits per heavy atom. The number of anilines is 1. The summed E-state index contributed by atoms with van der Waals surface area (Å²) in [5, 5.41) is 12.5. The van der Waals surface area contributed by atoms with Gasteiger partial charge in [0, 0.05) is 12.5 Å². The maximum atomic E-state index is 12.5. The lowest BCUT2D eigenvalue weighted by Gasteiger charge is -2.35. The molecule has 0 unspecified atom stereocenters. The Bertz CT molecular complexity index is 783. The number of amides is 1. The summed E-state index contributed by atoms with van der Waals surface area (Å²) in [5.74, 6) is -0.531. The minimum absolute atomic E-state index is 0.0407. The van der Waals surface area contributed by atoms with Gasteiger partial charge in [0.1, 0.15) is 10.3 Å². The SMILES string of the molecule is COc1ccc2nc(NC(=O)CC3(CC(=O)O)CCCCC3)sc2n1. The van der Waals surface area contributed by atoms with Crippen LogP contribution in [0.1, 0.15) is 44.9 Å². The van der Waals surface area contributed by atoms with E-state index in [0.29, 0.717) is 21.4 Å². The zero-order valence-corrected chi connectivity index (χ0v) is 14.9. The number of carbonyl (C=O) groups is 2. The molecule has 1 fully saturated rings. The molecule has 7 nitrogen and oxygen atoms in total. The van der Waals surface area contributed by atoms with Crippen LogP contribution in [0.2, 0.25) is 0 Å². The summed E-state index contributed by atoms with van der Waals surface area (Å²) in [7, 11) is 1.55. The first-order valence-corrected chi connectivity index (χ1v) is 9.15. The van der Waals surface area contributed by atoms with Gasteiger partial charge in [-0.15, -0.1) is 0 Å².